The molecule has 3 rings (SSSR count). The predicted octanol–water partition coefficient (Wildman–Crippen LogP) is 3.76. The topological polar surface area (TPSA) is 20.3 Å². The van der Waals surface area contributed by atoms with Gasteiger partial charge in [-0.15, -0.1) is 0 Å². The van der Waals surface area contributed by atoms with E-state index in [1.165, 1.54) is 25.7 Å². The Bertz CT molecular complexity index is 480. The molecule has 2 aliphatic rings. The number of benzene rings is 1. The lowest BCUT2D eigenvalue weighted by Crippen LogP contribution is -2.16. The van der Waals surface area contributed by atoms with Crippen LogP contribution < -0.4 is 4.90 Å². The predicted molar refractivity (Wildman–Crippen MR) is 78.7 cm³/mol. The first-order valence-corrected chi connectivity index (χ1v) is 7.44. The molecule has 1 aromatic carbocycles. The average Bonchev–Trinajstić information content (AvgIpc) is 3.01. The summed E-state index contributed by atoms with van der Waals surface area (Å²) in [4.78, 5) is 14.5. The van der Waals surface area contributed by atoms with Gasteiger partial charge in [0.2, 0.25) is 0 Å². The molecule has 0 spiro atoms. The number of nitrogens with zero attached hydrogens (tertiary/aromatic N) is 1. The molecule has 19 heavy (non-hydrogen) atoms. The van der Waals surface area contributed by atoms with E-state index in [4.69, 9.17) is 0 Å². The second kappa shape index (κ2) is 4.99. The molecular weight excluding hydrogens is 234 g/mol. The van der Waals surface area contributed by atoms with Crippen molar-refractivity contribution in [2.45, 2.75) is 32.1 Å². The number of hydrogen-bond donors (Lipinski definition) is 0. The zero-order chi connectivity index (χ0) is 13.4. The highest BCUT2D eigenvalue weighted by Crippen LogP contribution is 2.49. The van der Waals surface area contributed by atoms with Crippen molar-refractivity contribution in [2.75, 3.05) is 19.0 Å². The van der Waals surface area contributed by atoms with Crippen LogP contribution in [-0.4, -0.2) is 19.9 Å². The van der Waals surface area contributed by atoms with Crippen LogP contribution in [0.4, 0.5) is 5.69 Å². The van der Waals surface area contributed by atoms with Crippen LogP contribution in [0.15, 0.2) is 24.3 Å². The van der Waals surface area contributed by atoms with Gasteiger partial charge in [0, 0.05) is 31.8 Å². The van der Waals surface area contributed by atoms with E-state index in [-0.39, 0.29) is 0 Å². The minimum absolute atomic E-state index is 0.334. The third kappa shape index (κ3) is 2.54. The molecule has 2 fully saturated rings. The fraction of sp³-hybridized carbons (Fsp3) is 0.588. The zero-order valence-corrected chi connectivity index (χ0v) is 11.9. The number of carbonyl (C=O) groups is 1. The molecular formula is C17H23NO. The Morgan fingerprint density at radius 2 is 2.11 bits per heavy atom. The van der Waals surface area contributed by atoms with Crippen molar-refractivity contribution in [3.05, 3.63) is 29.8 Å². The van der Waals surface area contributed by atoms with Gasteiger partial charge in [0.05, 0.1) is 0 Å². The lowest BCUT2D eigenvalue weighted by Gasteiger charge is -2.21. The molecule has 0 heterocycles. The number of carbonyl (C=O) groups excluding carboxylic acids is 1. The van der Waals surface area contributed by atoms with Crippen molar-refractivity contribution in [2.24, 2.45) is 17.8 Å². The van der Waals surface area contributed by atoms with Crippen molar-refractivity contribution >= 4 is 11.5 Å². The lowest BCUT2D eigenvalue weighted by molar-refractivity contribution is 0.0944. The molecule has 0 N–H and O–H groups in total. The summed E-state index contributed by atoms with van der Waals surface area (Å²) in [5, 5.41) is 0. The molecule has 0 radical (unpaired) electrons. The molecule has 3 unspecified atom stereocenters. The van der Waals surface area contributed by atoms with Crippen LogP contribution in [0, 0.1) is 17.8 Å². The fourth-order valence-corrected chi connectivity index (χ4v) is 3.94. The van der Waals surface area contributed by atoms with Crippen LogP contribution in [0.5, 0.6) is 0 Å². The van der Waals surface area contributed by atoms with E-state index in [0.717, 1.165) is 29.5 Å². The molecule has 2 heteroatoms. The second-order valence-electron chi connectivity index (χ2n) is 6.51. The monoisotopic (exact) mass is 257 g/mol. The average molecular weight is 257 g/mol. The van der Waals surface area contributed by atoms with Crippen molar-refractivity contribution in [3.8, 4) is 0 Å². The van der Waals surface area contributed by atoms with E-state index < -0.39 is 0 Å². The van der Waals surface area contributed by atoms with Gasteiger partial charge in [-0.25, -0.2) is 0 Å². The number of Topliss-reactive ketones (excluding diaryl/α,β-unsaturated/α-hetero) is 1. The first kappa shape index (κ1) is 12.7. The highest BCUT2D eigenvalue weighted by Gasteiger charge is 2.40. The van der Waals surface area contributed by atoms with Crippen molar-refractivity contribution in [3.63, 3.8) is 0 Å². The highest BCUT2D eigenvalue weighted by molar-refractivity contribution is 5.97. The standard InChI is InChI=1S/C17H23NO/c1-18(2)16-5-3-4-14(10-16)17(19)11-15-9-12-6-7-13(15)8-12/h3-5,10,12-13,15H,6-9,11H2,1-2H3. The Morgan fingerprint density at radius 3 is 2.74 bits per heavy atom. The maximum Gasteiger partial charge on any atom is 0.163 e. The van der Waals surface area contributed by atoms with Gasteiger partial charge >= 0.3 is 0 Å². The Morgan fingerprint density at radius 1 is 1.26 bits per heavy atom. The summed E-state index contributed by atoms with van der Waals surface area (Å²) in [6.45, 7) is 0. The number of anilines is 1. The number of hydrogen-bond acceptors (Lipinski definition) is 2. The second-order valence-corrected chi connectivity index (χ2v) is 6.51. The molecule has 3 atom stereocenters. The largest absolute Gasteiger partial charge is 0.378 e. The Hall–Kier alpha value is -1.31. The van der Waals surface area contributed by atoms with E-state index in [2.05, 4.69) is 0 Å². The van der Waals surface area contributed by atoms with Gasteiger partial charge in [-0.2, -0.15) is 0 Å². The van der Waals surface area contributed by atoms with Gasteiger partial charge in [-0.05, 0) is 49.1 Å². The van der Waals surface area contributed by atoms with Crippen LogP contribution in [0.3, 0.4) is 0 Å². The first-order chi connectivity index (χ1) is 9.13. The molecule has 102 valence electrons. The maximum atomic E-state index is 12.4. The summed E-state index contributed by atoms with van der Waals surface area (Å²) in [5.41, 5.74) is 1.99. The van der Waals surface area contributed by atoms with E-state index in [0.29, 0.717) is 11.7 Å². The number of fused-ring (bicyclic) bond motifs is 2. The molecule has 0 amide bonds. The summed E-state index contributed by atoms with van der Waals surface area (Å²) in [6.07, 6.45) is 6.21. The van der Waals surface area contributed by atoms with Gasteiger partial charge in [0.25, 0.3) is 0 Å². The first-order valence-electron chi connectivity index (χ1n) is 7.44. The minimum Gasteiger partial charge on any atom is -0.378 e. The Kier molecular flexibility index (Phi) is 3.34. The summed E-state index contributed by atoms with van der Waals surface area (Å²) >= 11 is 0. The lowest BCUT2D eigenvalue weighted by atomic mass is 9.84. The Balaban J connectivity index is 1.68. The quantitative estimate of drug-likeness (QED) is 0.765. The molecule has 0 aliphatic heterocycles. The zero-order valence-electron chi connectivity index (χ0n) is 11.9. The molecule has 1 aromatic rings. The van der Waals surface area contributed by atoms with Gasteiger partial charge in [0.15, 0.2) is 5.78 Å². The number of ketones is 1. The van der Waals surface area contributed by atoms with Crippen LogP contribution in [-0.2, 0) is 0 Å². The summed E-state index contributed by atoms with van der Waals surface area (Å²) in [7, 11) is 4.03. The smallest absolute Gasteiger partial charge is 0.163 e. The molecule has 0 saturated heterocycles. The van der Waals surface area contributed by atoms with E-state index in [1.807, 2.05) is 43.3 Å². The molecule has 2 saturated carbocycles. The van der Waals surface area contributed by atoms with Gasteiger partial charge < -0.3 is 4.90 Å². The van der Waals surface area contributed by atoms with Gasteiger partial charge in [0.1, 0.15) is 0 Å². The third-order valence-corrected chi connectivity index (χ3v) is 5.02. The van der Waals surface area contributed by atoms with Crippen LogP contribution in [0.2, 0.25) is 0 Å². The molecule has 2 bridgehead atoms. The molecule has 0 aromatic heterocycles. The van der Waals surface area contributed by atoms with Crippen molar-refractivity contribution < 1.29 is 4.79 Å². The van der Waals surface area contributed by atoms with E-state index in [9.17, 15) is 4.79 Å². The van der Waals surface area contributed by atoms with E-state index >= 15 is 0 Å². The normalized spacial score (nSPS) is 28.6. The summed E-state index contributed by atoms with van der Waals surface area (Å²) in [6, 6.07) is 8.02. The summed E-state index contributed by atoms with van der Waals surface area (Å²) in [5.74, 6) is 2.76. The molecule has 2 aliphatic carbocycles. The fourth-order valence-electron chi connectivity index (χ4n) is 3.94. The van der Waals surface area contributed by atoms with Crippen LogP contribution >= 0.6 is 0 Å². The maximum absolute atomic E-state index is 12.4. The van der Waals surface area contributed by atoms with Gasteiger partial charge in [-0.3, -0.25) is 4.79 Å². The molecule has 2 nitrogen and oxygen atoms in total. The minimum atomic E-state index is 0.334. The van der Waals surface area contributed by atoms with Crippen molar-refractivity contribution in [1.82, 2.24) is 0 Å². The van der Waals surface area contributed by atoms with Crippen LogP contribution in [0.25, 0.3) is 0 Å². The highest BCUT2D eigenvalue weighted by atomic mass is 16.1. The van der Waals surface area contributed by atoms with Crippen molar-refractivity contribution in [1.29, 1.82) is 0 Å². The SMILES string of the molecule is CN(C)c1cccc(C(=O)CC2CC3CCC2C3)c1. The van der Waals surface area contributed by atoms with Crippen LogP contribution in [0.1, 0.15) is 42.5 Å². The van der Waals surface area contributed by atoms with E-state index in [1.54, 1.807) is 0 Å². The third-order valence-electron chi connectivity index (χ3n) is 5.02. The van der Waals surface area contributed by atoms with Gasteiger partial charge in [-0.1, -0.05) is 18.6 Å². The number of rotatable bonds is 4. The Labute approximate surface area is 115 Å². The summed E-state index contributed by atoms with van der Waals surface area (Å²) < 4.78 is 0.